The Morgan fingerprint density at radius 3 is 2.36 bits per heavy atom. The third-order valence-electron chi connectivity index (χ3n) is 3.46. The van der Waals surface area contributed by atoms with E-state index < -0.39 is 45.5 Å². The largest absolute Gasteiger partial charge is 0.446 e. The number of hydrogen-bond acceptors (Lipinski definition) is 4. The second-order valence-electron chi connectivity index (χ2n) is 4.72. The number of hydrogen-bond donors (Lipinski definition) is 1. The van der Waals surface area contributed by atoms with Crippen LogP contribution in [0.2, 0.25) is 0 Å². The Kier molecular flexibility index (Phi) is 3.76. The zero-order valence-electron chi connectivity index (χ0n) is 10.6. The van der Waals surface area contributed by atoms with Gasteiger partial charge in [-0.2, -0.15) is 22.0 Å². The zero-order valence-corrected chi connectivity index (χ0v) is 13.0. The maximum atomic E-state index is 14.5. The van der Waals surface area contributed by atoms with Gasteiger partial charge in [-0.3, -0.25) is 0 Å². The third-order valence-corrected chi connectivity index (χ3v) is 4.94. The van der Waals surface area contributed by atoms with Gasteiger partial charge in [0.15, 0.2) is 6.10 Å². The molecule has 1 N–H and O–H groups in total. The molecule has 1 fully saturated rings. The fourth-order valence-corrected chi connectivity index (χ4v) is 3.95. The van der Waals surface area contributed by atoms with Crippen molar-refractivity contribution in [1.82, 2.24) is 0 Å². The first-order valence-corrected chi connectivity index (χ1v) is 7.63. The second-order valence-corrected chi connectivity index (χ2v) is 6.68. The van der Waals surface area contributed by atoms with E-state index in [-0.39, 0.29) is 23.2 Å². The van der Waals surface area contributed by atoms with Crippen LogP contribution in [0.5, 0.6) is 0 Å². The second kappa shape index (κ2) is 5.04. The summed E-state index contributed by atoms with van der Waals surface area (Å²) < 4.78 is 77.1. The average Bonchev–Trinajstić information content (AvgIpc) is 2.93. The van der Waals surface area contributed by atoms with Crippen LogP contribution < -0.4 is 0 Å². The highest BCUT2D eigenvalue weighted by Gasteiger charge is 2.71. The summed E-state index contributed by atoms with van der Waals surface area (Å²) in [6.07, 6.45) is -2.33. The fraction of sp³-hybridized carbons (Fsp3) is 0.500. The molecule has 1 atom stereocenters. The molecule has 0 amide bonds. The topological polar surface area (TPSA) is 38.7 Å². The lowest BCUT2D eigenvalue weighted by atomic mass is 10.1. The quantitative estimate of drug-likeness (QED) is 0.566. The standard InChI is InChI=1S/C12H8BrF5O3S/c13-5-1-2-6(22-12(16,17)18)8-7(5)9(19)10(14,15)11(8)20-3-4-21-11/h1-2,9,19H,3-4H2/t9-/m0/s1. The molecule has 1 heterocycles. The van der Waals surface area contributed by atoms with Gasteiger partial charge >= 0.3 is 11.4 Å². The van der Waals surface area contributed by atoms with E-state index in [1.165, 1.54) is 6.07 Å². The lowest BCUT2D eigenvalue weighted by Gasteiger charge is -2.31. The molecule has 0 unspecified atom stereocenters. The van der Waals surface area contributed by atoms with E-state index in [1.54, 1.807) is 0 Å². The lowest BCUT2D eigenvalue weighted by Crippen LogP contribution is -2.45. The van der Waals surface area contributed by atoms with Gasteiger partial charge in [-0.1, -0.05) is 15.9 Å². The molecule has 3 nitrogen and oxygen atoms in total. The first-order valence-electron chi connectivity index (χ1n) is 6.02. The molecule has 1 spiro atoms. The van der Waals surface area contributed by atoms with Crippen molar-refractivity contribution in [2.24, 2.45) is 0 Å². The highest BCUT2D eigenvalue weighted by molar-refractivity contribution is 9.10. The van der Waals surface area contributed by atoms with Gasteiger partial charge in [0.25, 0.3) is 5.79 Å². The van der Waals surface area contributed by atoms with E-state index in [2.05, 4.69) is 15.9 Å². The van der Waals surface area contributed by atoms with E-state index >= 15 is 0 Å². The van der Waals surface area contributed by atoms with Gasteiger partial charge in [-0.25, -0.2) is 0 Å². The summed E-state index contributed by atoms with van der Waals surface area (Å²) in [5.74, 6) is -6.60. The van der Waals surface area contributed by atoms with Crippen molar-refractivity contribution in [2.75, 3.05) is 13.2 Å². The van der Waals surface area contributed by atoms with E-state index in [0.717, 1.165) is 6.07 Å². The Hall–Kier alpha value is -0.420. The Balaban J connectivity index is 2.26. The lowest BCUT2D eigenvalue weighted by molar-refractivity contribution is -0.316. The van der Waals surface area contributed by atoms with Crippen molar-refractivity contribution >= 4 is 27.7 Å². The predicted molar refractivity (Wildman–Crippen MR) is 69.5 cm³/mol. The van der Waals surface area contributed by atoms with Gasteiger partial charge in [0, 0.05) is 20.5 Å². The minimum atomic E-state index is -4.68. The van der Waals surface area contributed by atoms with Gasteiger partial charge in [0.05, 0.1) is 13.2 Å². The minimum Gasteiger partial charge on any atom is -0.382 e. The molecule has 1 saturated heterocycles. The maximum absolute atomic E-state index is 14.5. The first kappa shape index (κ1) is 16.4. The maximum Gasteiger partial charge on any atom is 0.446 e. The molecule has 0 saturated carbocycles. The molecule has 10 heteroatoms. The molecule has 0 radical (unpaired) electrons. The van der Waals surface area contributed by atoms with Crippen LogP contribution in [-0.2, 0) is 15.3 Å². The van der Waals surface area contributed by atoms with Gasteiger partial charge in [-0.05, 0) is 23.9 Å². The van der Waals surface area contributed by atoms with Crippen LogP contribution in [0.25, 0.3) is 0 Å². The third kappa shape index (κ3) is 2.19. The van der Waals surface area contributed by atoms with Crippen LogP contribution in [0.4, 0.5) is 22.0 Å². The number of aliphatic hydroxyl groups excluding tert-OH is 1. The van der Waals surface area contributed by atoms with E-state index in [4.69, 9.17) is 9.47 Å². The van der Waals surface area contributed by atoms with Crippen LogP contribution in [-0.4, -0.2) is 29.8 Å². The summed E-state index contributed by atoms with van der Waals surface area (Å²) in [5.41, 5.74) is -5.50. The Labute approximate surface area is 133 Å². The zero-order chi connectivity index (χ0) is 16.3. The van der Waals surface area contributed by atoms with Crippen molar-refractivity contribution in [3.05, 3.63) is 27.7 Å². The number of alkyl halides is 5. The summed E-state index contributed by atoms with van der Waals surface area (Å²) in [7, 11) is 0. The SMILES string of the molecule is O[C@H]1c2c(Br)ccc(SC(F)(F)F)c2C2(OCCO2)C1(F)F. The molecule has 22 heavy (non-hydrogen) atoms. The normalized spacial score (nSPS) is 25.7. The molecule has 1 aromatic carbocycles. The summed E-state index contributed by atoms with van der Waals surface area (Å²) in [6.45, 7) is -0.408. The van der Waals surface area contributed by atoms with Crippen molar-refractivity contribution in [2.45, 2.75) is 28.2 Å². The van der Waals surface area contributed by atoms with E-state index in [9.17, 15) is 27.1 Å². The minimum absolute atomic E-state index is 0.0668. The number of fused-ring (bicyclic) bond motifs is 2. The van der Waals surface area contributed by atoms with Crippen molar-refractivity contribution in [1.29, 1.82) is 0 Å². The molecular formula is C12H8BrF5O3S. The highest BCUT2D eigenvalue weighted by Crippen LogP contribution is 2.62. The molecule has 2 aliphatic rings. The average molecular weight is 407 g/mol. The monoisotopic (exact) mass is 406 g/mol. The molecule has 3 rings (SSSR count). The predicted octanol–water partition coefficient (Wildman–Crippen LogP) is 3.94. The van der Waals surface area contributed by atoms with Gasteiger partial charge in [0.2, 0.25) is 0 Å². The summed E-state index contributed by atoms with van der Waals surface area (Å²) in [5, 5.41) is 9.91. The van der Waals surface area contributed by atoms with Crippen molar-refractivity contribution in [3.63, 3.8) is 0 Å². The Morgan fingerprint density at radius 2 is 1.82 bits per heavy atom. The van der Waals surface area contributed by atoms with Crippen molar-refractivity contribution in [3.8, 4) is 0 Å². The van der Waals surface area contributed by atoms with E-state index in [0.29, 0.717) is 0 Å². The van der Waals surface area contributed by atoms with Crippen LogP contribution in [0, 0.1) is 0 Å². The Morgan fingerprint density at radius 1 is 1.23 bits per heavy atom. The molecule has 0 aromatic heterocycles. The van der Waals surface area contributed by atoms with Gasteiger partial charge < -0.3 is 14.6 Å². The van der Waals surface area contributed by atoms with Crippen LogP contribution in [0.15, 0.2) is 21.5 Å². The number of aliphatic hydroxyl groups is 1. The van der Waals surface area contributed by atoms with Gasteiger partial charge in [-0.15, -0.1) is 0 Å². The molecule has 1 aliphatic carbocycles. The van der Waals surface area contributed by atoms with Crippen LogP contribution >= 0.6 is 27.7 Å². The van der Waals surface area contributed by atoms with Crippen molar-refractivity contribution < 1.29 is 36.5 Å². The number of halogens is 6. The number of benzene rings is 1. The molecule has 1 aliphatic heterocycles. The molecule has 1 aromatic rings. The molecule has 122 valence electrons. The first-order chi connectivity index (χ1) is 10.1. The Bertz CT molecular complexity index is 616. The van der Waals surface area contributed by atoms with Crippen LogP contribution in [0.3, 0.4) is 0 Å². The number of rotatable bonds is 1. The summed E-state index contributed by atoms with van der Waals surface area (Å²) in [4.78, 5) is -0.483. The molecule has 0 bridgehead atoms. The summed E-state index contributed by atoms with van der Waals surface area (Å²) in [6, 6.07) is 2.22. The smallest absolute Gasteiger partial charge is 0.382 e. The van der Waals surface area contributed by atoms with E-state index in [1.807, 2.05) is 0 Å². The number of thioether (sulfide) groups is 1. The highest BCUT2D eigenvalue weighted by atomic mass is 79.9. The van der Waals surface area contributed by atoms with Gasteiger partial charge in [0.1, 0.15) is 0 Å². The summed E-state index contributed by atoms with van der Waals surface area (Å²) >= 11 is 2.44. The number of ether oxygens (including phenoxy) is 2. The molecular weight excluding hydrogens is 399 g/mol. The fourth-order valence-electron chi connectivity index (χ4n) is 2.67. The van der Waals surface area contributed by atoms with Crippen LogP contribution in [0.1, 0.15) is 17.2 Å².